The van der Waals surface area contributed by atoms with Crippen molar-refractivity contribution in [2.24, 2.45) is 0 Å². The van der Waals surface area contributed by atoms with Crippen molar-refractivity contribution >= 4 is 11.3 Å². The number of benzene rings is 1. The van der Waals surface area contributed by atoms with Crippen molar-refractivity contribution in [2.75, 3.05) is 6.54 Å². The SMILES string of the molecule is OCc1ccc(CCNCc2csc(C3CC3)n2)cc1. The van der Waals surface area contributed by atoms with Gasteiger partial charge in [0.25, 0.3) is 0 Å². The number of aromatic nitrogens is 1. The van der Waals surface area contributed by atoms with E-state index >= 15 is 0 Å². The van der Waals surface area contributed by atoms with Gasteiger partial charge in [0.1, 0.15) is 0 Å². The molecular weight excluding hydrogens is 268 g/mol. The lowest BCUT2D eigenvalue weighted by molar-refractivity contribution is 0.282. The molecule has 2 N–H and O–H groups in total. The number of hydrogen-bond acceptors (Lipinski definition) is 4. The maximum atomic E-state index is 9.00. The van der Waals surface area contributed by atoms with Gasteiger partial charge in [0.2, 0.25) is 0 Å². The van der Waals surface area contributed by atoms with E-state index in [-0.39, 0.29) is 6.61 Å². The van der Waals surface area contributed by atoms with Crippen LogP contribution in [-0.2, 0) is 19.6 Å². The Balaban J connectivity index is 1.40. The van der Waals surface area contributed by atoms with Crippen LogP contribution in [-0.4, -0.2) is 16.6 Å². The molecular formula is C16H20N2OS. The van der Waals surface area contributed by atoms with Gasteiger partial charge in [0, 0.05) is 17.8 Å². The van der Waals surface area contributed by atoms with Crippen LogP contribution in [0.3, 0.4) is 0 Å². The Morgan fingerprint density at radius 3 is 2.65 bits per heavy atom. The van der Waals surface area contributed by atoms with Crippen LogP contribution in [0.1, 0.15) is 40.6 Å². The number of nitrogens with one attached hydrogen (secondary N) is 1. The van der Waals surface area contributed by atoms with E-state index in [9.17, 15) is 0 Å². The molecule has 1 saturated carbocycles. The minimum Gasteiger partial charge on any atom is -0.392 e. The van der Waals surface area contributed by atoms with Gasteiger partial charge in [-0.2, -0.15) is 0 Å². The predicted molar refractivity (Wildman–Crippen MR) is 81.9 cm³/mol. The van der Waals surface area contributed by atoms with Gasteiger partial charge in [-0.1, -0.05) is 24.3 Å². The summed E-state index contributed by atoms with van der Waals surface area (Å²) in [5.41, 5.74) is 3.44. The van der Waals surface area contributed by atoms with Crippen molar-refractivity contribution in [2.45, 2.75) is 38.3 Å². The summed E-state index contributed by atoms with van der Waals surface area (Å²) in [4.78, 5) is 4.67. The molecule has 0 atom stereocenters. The third-order valence-electron chi connectivity index (χ3n) is 3.60. The van der Waals surface area contributed by atoms with Crippen molar-refractivity contribution in [3.8, 4) is 0 Å². The van der Waals surface area contributed by atoms with Crippen LogP contribution < -0.4 is 5.32 Å². The molecule has 1 heterocycles. The molecule has 2 aromatic rings. The fourth-order valence-electron chi connectivity index (χ4n) is 2.18. The first kappa shape index (κ1) is 13.7. The molecule has 0 saturated heterocycles. The summed E-state index contributed by atoms with van der Waals surface area (Å²) in [6.45, 7) is 1.93. The zero-order valence-corrected chi connectivity index (χ0v) is 12.3. The summed E-state index contributed by atoms with van der Waals surface area (Å²) in [5, 5.41) is 15.9. The molecule has 0 bridgehead atoms. The maximum absolute atomic E-state index is 9.00. The highest BCUT2D eigenvalue weighted by atomic mass is 32.1. The number of thiazole rings is 1. The standard InChI is InChI=1S/C16H20N2OS/c19-10-13-3-1-12(2-4-13)7-8-17-9-15-11-20-16(18-15)14-5-6-14/h1-4,11,14,17,19H,5-10H2. The van der Waals surface area contributed by atoms with Gasteiger partial charge in [-0.15, -0.1) is 11.3 Å². The van der Waals surface area contributed by atoms with E-state index in [2.05, 4.69) is 27.8 Å². The van der Waals surface area contributed by atoms with Crippen molar-refractivity contribution < 1.29 is 5.11 Å². The zero-order chi connectivity index (χ0) is 13.8. The van der Waals surface area contributed by atoms with Gasteiger partial charge in [0.05, 0.1) is 17.3 Å². The van der Waals surface area contributed by atoms with Crippen molar-refractivity contribution in [1.29, 1.82) is 0 Å². The van der Waals surface area contributed by atoms with Gasteiger partial charge < -0.3 is 10.4 Å². The number of hydrogen-bond donors (Lipinski definition) is 2. The molecule has 3 nitrogen and oxygen atoms in total. The summed E-state index contributed by atoms with van der Waals surface area (Å²) >= 11 is 1.80. The monoisotopic (exact) mass is 288 g/mol. The summed E-state index contributed by atoms with van der Waals surface area (Å²) in [7, 11) is 0. The highest BCUT2D eigenvalue weighted by Crippen LogP contribution is 2.41. The first-order valence-corrected chi connectivity index (χ1v) is 8.07. The molecule has 1 aliphatic rings. The Morgan fingerprint density at radius 1 is 1.20 bits per heavy atom. The molecule has 0 unspecified atom stereocenters. The minimum absolute atomic E-state index is 0.117. The van der Waals surface area contributed by atoms with E-state index in [0.29, 0.717) is 0 Å². The first-order valence-electron chi connectivity index (χ1n) is 7.19. The molecule has 1 fully saturated rings. The molecule has 0 radical (unpaired) electrons. The summed E-state index contributed by atoms with van der Waals surface area (Å²) in [6, 6.07) is 8.14. The van der Waals surface area contributed by atoms with E-state index in [0.717, 1.165) is 31.0 Å². The molecule has 4 heteroatoms. The van der Waals surface area contributed by atoms with Gasteiger partial charge >= 0.3 is 0 Å². The van der Waals surface area contributed by atoms with Crippen LogP contribution in [0.5, 0.6) is 0 Å². The number of nitrogens with zero attached hydrogens (tertiary/aromatic N) is 1. The zero-order valence-electron chi connectivity index (χ0n) is 11.5. The fraction of sp³-hybridized carbons (Fsp3) is 0.438. The second-order valence-electron chi connectivity index (χ2n) is 5.35. The fourth-order valence-corrected chi connectivity index (χ4v) is 3.17. The molecule has 106 valence electrons. The highest BCUT2D eigenvalue weighted by Gasteiger charge is 2.26. The molecule has 0 aliphatic heterocycles. The average Bonchev–Trinajstić information content (AvgIpc) is 3.24. The Morgan fingerprint density at radius 2 is 1.95 bits per heavy atom. The van der Waals surface area contributed by atoms with Crippen molar-refractivity contribution in [3.05, 3.63) is 51.5 Å². The minimum atomic E-state index is 0.117. The largest absolute Gasteiger partial charge is 0.392 e. The predicted octanol–water partition coefficient (Wildman–Crippen LogP) is 2.85. The van der Waals surface area contributed by atoms with E-state index in [1.165, 1.54) is 29.1 Å². The maximum Gasteiger partial charge on any atom is 0.0959 e. The molecule has 1 aromatic heterocycles. The lowest BCUT2D eigenvalue weighted by Gasteiger charge is -2.04. The molecule has 20 heavy (non-hydrogen) atoms. The quantitative estimate of drug-likeness (QED) is 0.770. The van der Waals surface area contributed by atoms with E-state index in [1.54, 1.807) is 11.3 Å². The van der Waals surface area contributed by atoms with Gasteiger partial charge in [0.15, 0.2) is 0 Å². The molecule has 3 rings (SSSR count). The van der Waals surface area contributed by atoms with Gasteiger partial charge in [-0.25, -0.2) is 4.98 Å². The van der Waals surface area contributed by atoms with Crippen LogP contribution in [0, 0.1) is 0 Å². The highest BCUT2D eigenvalue weighted by molar-refractivity contribution is 7.09. The second-order valence-corrected chi connectivity index (χ2v) is 6.24. The Hall–Kier alpha value is -1.23. The van der Waals surface area contributed by atoms with E-state index in [4.69, 9.17) is 5.11 Å². The van der Waals surface area contributed by atoms with Crippen molar-refractivity contribution in [1.82, 2.24) is 10.3 Å². The molecule has 0 spiro atoms. The first-order chi connectivity index (χ1) is 9.85. The van der Waals surface area contributed by atoms with Crippen LogP contribution in [0.4, 0.5) is 0 Å². The Bertz CT molecular complexity index is 546. The third kappa shape index (κ3) is 3.66. The number of aliphatic hydroxyl groups is 1. The second kappa shape index (κ2) is 6.48. The number of aliphatic hydroxyl groups excluding tert-OH is 1. The van der Waals surface area contributed by atoms with Gasteiger partial charge in [-0.3, -0.25) is 0 Å². The molecule has 1 aromatic carbocycles. The van der Waals surface area contributed by atoms with E-state index in [1.807, 2.05) is 12.1 Å². The smallest absolute Gasteiger partial charge is 0.0959 e. The van der Waals surface area contributed by atoms with Gasteiger partial charge in [-0.05, 0) is 36.9 Å². The number of rotatable bonds is 7. The Kier molecular flexibility index (Phi) is 4.45. The topological polar surface area (TPSA) is 45.1 Å². The third-order valence-corrected chi connectivity index (χ3v) is 4.65. The lowest BCUT2D eigenvalue weighted by Crippen LogP contribution is -2.16. The summed E-state index contributed by atoms with van der Waals surface area (Å²) in [5.74, 6) is 0.763. The molecule has 1 aliphatic carbocycles. The van der Waals surface area contributed by atoms with E-state index < -0.39 is 0 Å². The lowest BCUT2D eigenvalue weighted by atomic mass is 10.1. The van der Waals surface area contributed by atoms with Crippen LogP contribution in [0.2, 0.25) is 0 Å². The molecule has 0 amide bonds. The van der Waals surface area contributed by atoms with Crippen LogP contribution >= 0.6 is 11.3 Å². The van der Waals surface area contributed by atoms with Crippen molar-refractivity contribution in [3.63, 3.8) is 0 Å². The Labute approximate surface area is 123 Å². The average molecular weight is 288 g/mol. The normalized spacial score (nSPS) is 14.7. The summed E-state index contributed by atoms with van der Waals surface area (Å²) < 4.78 is 0. The van der Waals surface area contributed by atoms with Crippen LogP contribution in [0.15, 0.2) is 29.6 Å². The van der Waals surface area contributed by atoms with Crippen LogP contribution in [0.25, 0.3) is 0 Å². The summed E-state index contributed by atoms with van der Waals surface area (Å²) in [6.07, 6.45) is 3.65.